The maximum Gasteiger partial charge on any atom is 0.0712 e. The van der Waals surface area contributed by atoms with Gasteiger partial charge in [-0.05, 0) is 24.5 Å². The molecule has 3 heteroatoms. The zero-order valence-corrected chi connectivity index (χ0v) is 10.1. The van der Waals surface area contributed by atoms with Crippen molar-refractivity contribution in [2.45, 2.75) is 45.3 Å². The first kappa shape index (κ1) is 11.7. The van der Waals surface area contributed by atoms with E-state index in [4.69, 9.17) is 5.73 Å². The number of rotatable bonds is 2. The van der Waals surface area contributed by atoms with Crippen molar-refractivity contribution < 1.29 is 5.11 Å². The summed E-state index contributed by atoms with van der Waals surface area (Å²) in [4.78, 5) is 2.37. The molecule has 0 aliphatic carbocycles. The van der Waals surface area contributed by atoms with Gasteiger partial charge in [0.2, 0.25) is 0 Å². The largest absolute Gasteiger partial charge is 0.391 e. The van der Waals surface area contributed by atoms with Gasteiger partial charge in [0.1, 0.15) is 0 Å². The van der Waals surface area contributed by atoms with Crippen molar-refractivity contribution in [3.05, 3.63) is 21.9 Å². The van der Waals surface area contributed by atoms with Gasteiger partial charge in [-0.15, -0.1) is 11.3 Å². The van der Waals surface area contributed by atoms with Crippen LogP contribution in [0.25, 0.3) is 0 Å². The summed E-state index contributed by atoms with van der Waals surface area (Å²) in [5, 5.41) is 9.37. The molecule has 0 aromatic carbocycles. The lowest BCUT2D eigenvalue weighted by Gasteiger charge is -2.16. The summed E-state index contributed by atoms with van der Waals surface area (Å²) in [6, 6.07) is 3.86. The van der Waals surface area contributed by atoms with Gasteiger partial charge in [-0.3, -0.25) is 0 Å². The highest BCUT2D eigenvalue weighted by Gasteiger charge is 2.19. The molecule has 1 aromatic rings. The molecule has 3 N–H and O–H groups in total. The minimum atomic E-state index is -0.485. The lowest BCUT2D eigenvalue weighted by molar-refractivity contribution is 0.165. The quantitative estimate of drug-likeness (QED) is 0.792. The van der Waals surface area contributed by atoms with Crippen LogP contribution in [0.1, 0.15) is 43.5 Å². The predicted molar refractivity (Wildman–Crippen MR) is 61.6 cm³/mol. The fraction of sp³-hybridized carbons (Fsp3) is 0.636. The number of hydrogen-bond acceptors (Lipinski definition) is 3. The van der Waals surface area contributed by atoms with E-state index in [-0.39, 0.29) is 11.5 Å². The van der Waals surface area contributed by atoms with E-state index in [1.54, 1.807) is 18.3 Å². The number of thiophene rings is 1. The molecule has 2 unspecified atom stereocenters. The molecule has 2 atom stereocenters. The Morgan fingerprint density at radius 2 is 1.93 bits per heavy atom. The molecule has 0 radical (unpaired) electrons. The van der Waals surface area contributed by atoms with E-state index in [1.807, 2.05) is 6.07 Å². The second-order valence-corrected chi connectivity index (χ2v) is 5.83. The Balaban J connectivity index is 2.89. The molecule has 1 heterocycles. The van der Waals surface area contributed by atoms with Gasteiger partial charge in [0.05, 0.1) is 12.1 Å². The van der Waals surface area contributed by atoms with Crippen LogP contribution in [0, 0.1) is 0 Å². The van der Waals surface area contributed by atoms with Crippen molar-refractivity contribution in [3.8, 4) is 0 Å². The second kappa shape index (κ2) is 4.01. The van der Waals surface area contributed by atoms with Crippen LogP contribution in [0.3, 0.4) is 0 Å². The molecular formula is C11H19NOS. The van der Waals surface area contributed by atoms with Crippen LogP contribution in [-0.4, -0.2) is 11.2 Å². The summed E-state index contributed by atoms with van der Waals surface area (Å²) in [6.45, 7) is 8.25. The number of nitrogens with two attached hydrogens (primary N) is 1. The Labute approximate surface area is 89.8 Å². The van der Waals surface area contributed by atoms with E-state index in [2.05, 4.69) is 26.8 Å². The lowest BCUT2D eigenvalue weighted by atomic mass is 9.95. The summed E-state index contributed by atoms with van der Waals surface area (Å²) in [6.07, 6.45) is -0.485. The maximum atomic E-state index is 9.37. The van der Waals surface area contributed by atoms with Crippen molar-refractivity contribution in [1.82, 2.24) is 0 Å². The van der Waals surface area contributed by atoms with Crippen LogP contribution in [0.2, 0.25) is 0 Å². The topological polar surface area (TPSA) is 46.2 Å². The Morgan fingerprint density at radius 3 is 2.29 bits per heavy atom. The summed E-state index contributed by atoms with van der Waals surface area (Å²) in [5.74, 6) is 0. The molecular weight excluding hydrogens is 194 g/mol. The van der Waals surface area contributed by atoms with Crippen molar-refractivity contribution in [2.75, 3.05) is 0 Å². The highest BCUT2D eigenvalue weighted by molar-refractivity contribution is 7.12. The molecule has 1 aromatic heterocycles. The van der Waals surface area contributed by atoms with Gasteiger partial charge in [0.25, 0.3) is 0 Å². The van der Waals surface area contributed by atoms with Crippen molar-refractivity contribution in [3.63, 3.8) is 0 Å². The van der Waals surface area contributed by atoms with Gasteiger partial charge in [0, 0.05) is 9.75 Å². The van der Waals surface area contributed by atoms with Crippen LogP contribution in [0.15, 0.2) is 12.1 Å². The predicted octanol–water partition coefficient (Wildman–Crippen LogP) is 2.43. The van der Waals surface area contributed by atoms with Crippen molar-refractivity contribution in [1.29, 1.82) is 0 Å². The van der Waals surface area contributed by atoms with Gasteiger partial charge in [0.15, 0.2) is 0 Å². The Kier molecular flexibility index (Phi) is 3.35. The van der Waals surface area contributed by atoms with Gasteiger partial charge in [-0.1, -0.05) is 20.8 Å². The first-order valence-corrected chi connectivity index (χ1v) is 5.68. The molecule has 0 spiro atoms. The third kappa shape index (κ3) is 2.56. The fourth-order valence-electron chi connectivity index (χ4n) is 1.17. The molecule has 1 rings (SSSR count). The standard InChI is InChI=1S/C11H19NOS/c1-7(13)10(12)8-5-6-9(14-8)11(2,3)4/h5-7,10,13H,12H2,1-4H3. The molecule has 0 saturated carbocycles. The number of hydrogen-bond donors (Lipinski definition) is 2. The summed E-state index contributed by atoms with van der Waals surface area (Å²) in [7, 11) is 0. The summed E-state index contributed by atoms with van der Waals surface area (Å²) >= 11 is 1.69. The smallest absolute Gasteiger partial charge is 0.0712 e. The van der Waals surface area contributed by atoms with Crippen LogP contribution in [0.4, 0.5) is 0 Å². The minimum absolute atomic E-state index is 0.168. The molecule has 2 nitrogen and oxygen atoms in total. The summed E-state index contributed by atoms with van der Waals surface area (Å²) in [5.41, 5.74) is 6.02. The molecule has 80 valence electrons. The minimum Gasteiger partial charge on any atom is -0.391 e. The van der Waals surface area contributed by atoms with E-state index in [0.717, 1.165) is 4.88 Å². The van der Waals surface area contributed by atoms with E-state index in [9.17, 15) is 5.11 Å². The Morgan fingerprint density at radius 1 is 1.36 bits per heavy atom. The molecule has 0 aliphatic rings. The SMILES string of the molecule is CC(O)C(N)c1ccc(C(C)(C)C)s1. The van der Waals surface area contributed by atoms with Crippen molar-refractivity contribution >= 4 is 11.3 Å². The first-order valence-electron chi connectivity index (χ1n) is 4.86. The lowest BCUT2D eigenvalue weighted by Crippen LogP contribution is -2.22. The Hall–Kier alpha value is -0.380. The zero-order chi connectivity index (χ0) is 10.9. The molecule has 0 fully saturated rings. The third-order valence-electron chi connectivity index (χ3n) is 2.21. The number of aliphatic hydroxyl groups excluding tert-OH is 1. The fourth-order valence-corrected chi connectivity index (χ4v) is 2.34. The van der Waals surface area contributed by atoms with Gasteiger partial charge < -0.3 is 10.8 Å². The zero-order valence-electron chi connectivity index (χ0n) is 9.24. The van der Waals surface area contributed by atoms with Crippen molar-refractivity contribution in [2.24, 2.45) is 5.73 Å². The van der Waals surface area contributed by atoms with Crippen LogP contribution < -0.4 is 5.73 Å². The van der Waals surface area contributed by atoms with Gasteiger partial charge in [-0.25, -0.2) is 0 Å². The number of aliphatic hydroxyl groups is 1. The normalized spacial score (nSPS) is 16.7. The maximum absolute atomic E-state index is 9.37. The average molecular weight is 213 g/mol. The summed E-state index contributed by atoms with van der Waals surface area (Å²) < 4.78 is 0. The molecule has 0 amide bonds. The third-order valence-corrected chi connectivity index (χ3v) is 3.83. The van der Waals surface area contributed by atoms with Crippen LogP contribution >= 0.6 is 11.3 Å². The highest BCUT2D eigenvalue weighted by Crippen LogP contribution is 2.32. The van der Waals surface area contributed by atoms with Gasteiger partial charge >= 0.3 is 0 Å². The molecule has 0 saturated heterocycles. The Bertz CT molecular complexity index is 298. The monoisotopic (exact) mass is 213 g/mol. The van der Waals surface area contributed by atoms with E-state index >= 15 is 0 Å². The van der Waals surface area contributed by atoms with Gasteiger partial charge in [-0.2, -0.15) is 0 Å². The molecule has 14 heavy (non-hydrogen) atoms. The van der Waals surface area contributed by atoms with Crippen LogP contribution in [-0.2, 0) is 5.41 Å². The van der Waals surface area contributed by atoms with E-state index in [1.165, 1.54) is 4.88 Å². The van der Waals surface area contributed by atoms with E-state index in [0.29, 0.717) is 0 Å². The van der Waals surface area contributed by atoms with Crippen LogP contribution in [0.5, 0.6) is 0 Å². The highest BCUT2D eigenvalue weighted by atomic mass is 32.1. The molecule has 0 bridgehead atoms. The first-order chi connectivity index (χ1) is 6.32. The molecule has 0 aliphatic heterocycles. The average Bonchev–Trinajstić information content (AvgIpc) is 2.49. The van der Waals surface area contributed by atoms with E-state index < -0.39 is 6.10 Å². The second-order valence-electron chi connectivity index (χ2n) is 4.72.